The summed E-state index contributed by atoms with van der Waals surface area (Å²) in [5, 5.41) is 3.38. The summed E-state index contributed by atoms with van der Waals surface area (Å²) in [6.07, 6.45) is 5.90. The first-order chi connectivity index (χ1) is 9.42. The third kappa shape index (κ3) is 5.41. The van der Waals surface area contributed by atoms with Crippen LogP contribution in [0.2, 0.25) is 0 Å². The molecule has 0 bridgehead atoms. The molecule has 0 saturated heterocycles. The Kier molecular flexibility index (Phi) is 6.96. The molecule has 0 heterocycles. The van der Waals surface area contributed by atoms with Gasteiger partial charge < -0.3 is 9.64 Å². The molecular formula is C16H32N2O2. The summed E-state index contributed by atoms with van der Waals surface area (Å²) in [6, 6.07) is 1.02. The number of rotatable bonds is 10. The Bertz CT molecular complexity index is 303. The largest absolute Gasteiger partial charge is 0.468 e. The monoisotopic (exact) mass is 284 g/mol. The maximum atomic E-state index is 12.1. The van der Waals surface area contributed by atoms with Crippen LogP contribution in [0.25, 0.3) is 0 Å². The van der Waals surface area contributed by atoms with E-state index in [0.717, 1.165) is 25.6 Å². The van der Waals surface area contributed by atoms with Gasteiger partial charge in [-0.05, 0) is 53.0 Å². The second kappa shape index (κ2) is 7.99. The van der Waals surface area contributed by atoms with Crippen LogP contribution in [0.5, 0.6) is 0 Å². The maximum Gasteiger partial charge on any atom is 0.325 e. The van der Waals surface area contributed by atoms with Gasteiger partial charge in [-0.15, -0.1) is 0 Å². The van der Waals surface area contributed by atoms with Gasteiger partial charge in [-0.3, -0.25) is 10.1 Å². The van der Waals surface area contributed by atoms with Crippen molar-refractivity contribution in [3.8, 4) is 0 Å². The first kappa shape index (κ1) is 17.4. The number of carbonyl (C=O) groups is 1. The van der Waals surface area contributed by atoms with Crippen molar-refractivity contribution >= 4 is 5.97 Å². The predicted octanol–water partition coefficient (Wildman–Crippen LogP) is 2.57. The lowest BCUT2D eigenvalue weighted by atomic mass is 9.96. The van der Waals surface area contributed by atoms with Crippen LogP contribution in [-0.2, 0) is 9.53 Å². The number of nitrogens with one attached hydrogen (secondary N) is 1. The third-order valence-electron chi connectivity index (χ3n) is 4.00. The first-order valence-electron chi connectivity index (χ1n) is 8.03. The van der Waals surface area contributed by atoms with Crippen LogP contribution in [0.4, 0.5) is 0 Å². The van der Waals surface area contributed by atoms with Crippen molar-refractivity contribution in [2.24, 2.45) is 0 Å². The van der Waals surface area contributed by atoms with Crippen LogP contribution in [0.15, 0.2) is 0 Å². The molecule has 0 aromatic heterocycles. The van der Waals surface area contributed by atoms with Crippen molar-refractivity contribution in [2.75, 3.05) is 20.2 Å². The summed E-state index contributed by atoms with van der Waals surface area (Å²) in [5.41, 5.74) is -0.581. The smallest absolute Gasteiger partial charge is 0.325 e. The van der Waals surface area contributed by atoms with E-state index in [1.807, 2.05) is 6.92 Å². The summed E-state index contributed by atoms with van der Waals surface area (Å²) in [6.45, 7) is 10.4. The molecule has 1 atom stereocenters. The molecule has 4 nitrogen and oxygen atoms in total. The van der Waals surface area contributed by atoms with Crippen molar-refractivity contribution in [3.63, 3.8) is 0 Å². The fourth-order valence-corrected chi connectivity index (χ4v) is 2.74. The molecule has 4 heteroatoms. The van der Waals surface area contributed by atoms with Gasteiger partial charge in [-0.25, -0.2) is 0 Å². The number of hydrogen-bond donors (Lipinski definition) is 1. The van der Waals surface area contributed by atoms with Gasteiger partial charge in [-0.1, -0.05) is 13.3 Å². The molecule has 1 rings (SSSR count). The van der Waals surface area contributed by atoms with E-state index in [1.165, 1.54) is 32.8 Å². The molecule has 1 aliphatic rings. The number of ether oxygens (including phenoxy) is 1. The van der Waals surface area contributed by atoms with Gasteiger partial charge in [0.15, 0.2) is 0 Å². The van der Waals surface area contributed by atoms with Gasteiger partial charge in [-0.2, -0.15) is 0 Å². The third-order valence-corrected chi connectivity index (χ3v) is 4.00. The van der Waals surface area contributed by atoms with Gasteiger partial charge in [0.1, 0.15) is 5.54 Å². The van der Waals surface area contributed by atoms with E-state index < -0.39 is 5.54 Å². The fourth-order valence-electron chi connectivity index (χ4n) is 2.74. The molecule has 1 unspecified atom stereocenters. The molecule has 0 aromatic carbocycles. The Morgan fingerprint density at radius 3 is 2.50 bits per heavy atom. The van der Waals surface area contributed by atoms with E-state index in [4.69, 9.17) is 4.74 Å². The number of hydrogen-bond acceptors (Lipinski definition) is 4. The molecule has 0 aromatic rings. The van der Waals surface area contributed by atoms with Gasteiger partial charge in [0.25, 0.3) is 0 Å². The highest BCUT2D eigenvalue weighted by molar-refractivity contribution is 5.80. The second-order valence-corrected chi connectivity index (χ2v) is 6.49. The van der Waals surface area contributed by atoms with E-state index in [0.29, 0.717) is 0 Å². The number of nitrogens with zero attached hydrogens (tertiary/aromatic N) is 1. The van der Waals surface area contributed by atoms with Crippen molar-refractivity contribution in [1.29, 1.82) is 0 Å². The average Bonchev–Trinajstić information content (AvgIpc) is 3.21. The molecule has 1 N–H and O–H groups in total. The van der Waals surface area contributed by atoms with E-state index in [1.54, 1.807) is 0 Å². The van der Waals surface area contributed by atoms with Crippen molar-refractivity contribution < 1.29 is 9.53 Å². The molecule has 0 radical (unpaired) electrons. The lowest BCUT2D eigenvalue weighted by molar-refractivity contribution is -0.148. The van der Waals surface area contributed by atoms with Gasteiger partial charge in [0.2, 0.25) is 0 Å². The number of carbonyl (C=O) groups excluding carboxylic acids is 1. The van der Waals surface area contributed by atoms with Crippen molar-refractivity contribution in [2.45, 2.75) is 77.4 Å². The Labute approximate surface area is 124 Å². The summed E-state index contributed by atoms with van der Waals surface area (Å²) >= 11 is 0. The van der Waals surface area contributed by atoms with E-state index >= 15 is 0 Å². The van der Waals surface area contributed by atoms with Gasteiger partial charge in [0.05, 0.1) is 7.11 Å². The minimum absolute atomic E-state index is 0.155. The SMILES string of the molecule is CCCCN(CCC(C)(NC(C)C)C(=O)OC)C1CC1. The van der Waals surface area contributed by atoms with E-state index in [-0.39, 0.29) is 12.0 Å². The van der Waals surface area contributed by atoms with Crippen LogP contribution >= 0.6 is 0 Å². The van der Waals surface area contributed by atoms with E-state index in [2.05, 4.69) is 31.0 Å². The zero-order valence-electron chi connectivity index (χ0n) is 13.9. The molecule has 20 heavy (non-hydrogen) atoms. The van der Waals surface area contributed by atoms with Crippen molar-refractivity contribution in [3.05, 3.63) is 0 Å². The van der Waals surface area contributed by atoms with E-state index in [9.17, 15) is 4.79 Å². The minimum atomic E-state index is -0.581. The summed E-state index contributed by atoms with van der Waals surface area (Å²) < 4.78 is 4.99. The highest BCUT2D eigenvalue weighted by Crippen LogP contribution is 2.28. The van der Waals surface area contributed by atoms with Crippen LogP contribution in [0, 0.1) is 0 Å². The average molecular weight is 284 g/mol. The van der Waals surface area contributed by atoms with Crippen LogP contribution in [0.3, 0.4) is 0 Å². The molecule has 118 valence electrons. The molecule has 0 aliphatic heterocycles. The number of esters is 1. The summed E-state index contributed by atoms with van der Waals surface area (Å²) in [5.74, 6) is -0.155. The molecule has 1 aliphatic carbocycles. The minimum Gasteiger partial charge on any atom is -0.468 e. The molecule has 1 saturated carbocycles. The zero-order valence-corrected chi connectivity index (χ0v) is 13.9. The summed E-state index contributed by atoms with van der Waals surface area (Å²) in [4.78, 5) is 14.6. The fraction of sp³-hybridized carbons (Fsp3) is 0.938. The lowest BCUT2D eigenvalue weighted by Crippen LogP contribution is -2.54. The Balaban J connectivity index is 2.56. The first-order valence-corrected chi connectivity index (χ1v) is 8.03. The predicted molar refractivity (Wildman–Crippen MR) is 82.8 cm³/mol. The highest BCUT2D eigenvalue weighted by Gasteiger charge is 2.36. The number of methoxy groups -OCH3 is 1. The molecule has 0 spiro atoms. The van der Waals surface area contributed by atoms with Gasteiger partial charge in [0, 0.05) is 18.6 Å². The Morgan fingerprint density at radius 2 is 2.05 bits per heavy atom. The Morgan fingerprint density at radius 1 is 1.40 bits per heavy atom. The number of unbranched alkanes of at least 4 members (excludes halogenated alkanes) is 1. The standard InChI is InChI=1S/C16H32N2O2/c1-6-7-11-18(14-8-9-14)12-10-16(4,15(19)20-5)17-13(2)3/h13-14,17H,6-12H2,1-5H3. The molecular weight excluding hydrogens is 252 g/mol. The van der Waals surface area contributed by atoms with Crippen LogP contribution in [-0.4, -0.2) is 48.7 Å². The molecule has 1 fully saturated rings. The zero-order chi connectivity index (χ0) is 15.2. The lowest BCUT2D eigenvalue weighted by Gasteiger charge is -2.33. The maximum absolute atomic E-state index is 12.1. The summed E-state index contributed by atoms with van der Waals surface area (Å²) in [7, 11) is 1.47. The highest BCUT2D eigenvalue weighted by atomic mass is 16.5. The van der Waals surface area contributed by atoms with Crippen LogP contribution < -0.4 is 5.32 Å². The Hall–Kier alpha value is -0.610. The van der Waals surface area contributed by atoms with Crippen molar-refractivity contribution in [1.82, 2.24) is 10.2 Å². The molecule has 0 amide bonds. The normalized spacial score (nSPS) is 18.4. The quantitative estimate of drug-likeness (QED) is 0.626. The van der Waals surface area contributed by atoms with Crippen LogP contribution in [0.1, 0.15) is 59.8 Å². The second-order valence-electron chi connectivity index (χ2n) is 6.49. The topological polar surface area (TPSA) is 41.6 Å². The van der Waals surface area contributed by atoms with Gasteiger partial charge >= 0.3 is 5.97 Å².